The zero-order valence-electron chi connectivity index (χ0n) is 19.4. The first-order valence-electron chi connectivity index (χ1n) is 10.8. The van der Waals surface area contributed by atoms with Crippen LogP contribution in [0, 0.1) is 0 Å². The van der Waals surface area contributed by atoms with E-state index in [9.17, 15) is 9.59 Å². The van der Waals surface area contributed by atoms with E-state index in [-0.39, 0.29) is 5.91 Å². The maximum Gasteiger partial charge on any atom is 0.410 e. The van der Waals surface area contributed by atoms with Gasteiger partial charge in [-0.1, -0.05) is 66.9 Å². The van der Waals surface area contributed by atoms with Gasteiger partial charge in [0.2, 0.25) is 5.91 Å². The summed E-state index contributed by atoms with van der Waals surface area (Å²) in [6.07, 6.45) is 1.54. The number of amides is 2. The molecule has 5 nitrogen and oxygen atoms in total. The Labute approximate surface area is 201 Å². The summed E-state index contributed by atoms with van der Waals surface area (Å²) >= 11 is 12.1. The maximum atomic E-state index is 12.7. The molecule has 1 N–H and O–H groups in total. The minimum atomic E-state index is -0.609. The first-order chi connectivity index (χ1) is 15.0. The Kier molecular flexibility index (Phi) is 9.41. The van der Waals surface area contributed by atoms with Crippen LogP contribution in [0.15, 0.2) is 42.5 Å². The number of halogens is 2. The van der Waals surface area contributed by atoms with Crippen LogP contribution < -0.4 is 5.32 Å². The van der Waals surface area contributed by atoms with E-state index in [1.54, 1.807) is 33.9 Å². The molecule has 0 fully saturated rings. The minimum Gasteiger partial charge on any atom is -0.444 e. The molecule has 7 heteroatoms. The van der Waals surface area contributed by atoms with Crippen LogP contribution in [0.4, 0.5) is 4.79 Å². The van der Waals surface area contributed by atoms with E-state index in [1.165, 1.54) is 4.90 Å². The van der Waals surface area contributed by atoms with Crippen LogP contribution in [0.25, 0.3) is 11.1 Å². The lowest BCUT2D eigenvalue weighted by Crippen LogP contribution is -2.49. The van der Waals surface area contributed by atoms with Crippen LogP contribution in [-0.2, 0) is 16.0 Å². The van der Waals surface area contributed by atoms with E-state index in [4.69, 9.17) is 27.9 Å². The van der Waals surface area contributed by atoms with Gasteiger partial charge in [0.25, 0.3) is 0 Å². The number of ether oxygens (including phenoxy) is 1. The molecule has 0 aromatic heterocycles. The smallest absolute Gasteiger partial charge is 0.410 e. The molecular formula is C25H32Cl2N2O3. The van der Waals surface area contributed by atoms with E-state index < -0.39 is 17.7 Å². The van der Waals surface area contributed by atoms with Gasteiger partial charge in [-0.25, -0.2) is 4.79 Å². The fourth-order valence-corrected chi connectivity index (χ4v) is 3.52. The van der Waals surface area contributed by atoms with Crippen molar-refractivity contribution in [1.29, 1.82) is 0 Å². The molecule has 2 aromatic carbocycles. The average molecular weight is 479 g/mol. The van der Waals surface area contributed by atoms with Crippen LogP contribution in [0.5, 0.6) is 0 Å². The second-order valence-corrected chi connectivity index (χ2v) is 9.58. The number of hydrogen-bond acceptors (Lipinski definition) is 3. The van der Waals surface area contributed by atoms with Crippen molar-refractivity contribution in [2.75, 3.05) is 13.6 Å². The van der Waals surface area contributed by atoms with Crippen molar-refractivity contribution in [2.24, 2.45) is 0 Å². The Morgan fingerprint density at radius 3 is 2.22 bits per heavy atom. The molecule has 0 heterocycles. The van der Waals surface area contributed by atoms with E-state index in [0.29, 0.717) is 29.4 Å². The van der Waals surface area contributed by atoms with Crippen molar-refractivity contribution in [2.45, 2.75) is 58.6 Å². The molecular weight excluding hydrogens is 447 g/mol. The Morgan fingerprint density at radius 2 is 1.66 bits per heavy atom. The normalized spacial score (nSPS) is 12.2. The summed E-state index contributed by atoms with van der Waals surface area (Å²) in [5.41, 5.74) is 2.52. The molecule has 0 bridgehead atoms. The largest absolute Gasteiger partial charge is 0.444 e. The minimum absolute atomic E-state index is 0.173. The van der Waals surface area contributed by atoms with Gasteiger partial charge >= 0.3 is 6.09 Å². The van der Waals surface area contributed by atoms with Crippen molar-refractivity contribution in [3.8, 4) is 11.1 Å². The highest BCUT2D eigenvalue weighted by Crippen LogP contribution is 2.28. The van der Waals surface area contributed by atoms with Crippen LogP contribution in [0.2, 0.25) is 10.0 Å². The van der Waals surface area contributed by atoms with Crippen LogP contribution in [0.3, 0.4) is 0 Å². The van der Waals surface area contributed by atoms with Crippen LogP contribution >= 0.6 is 23.2 Å². The highest BCUT2D eigenvalue weighted by atomic mass is 35.5. The average Bonchev–Trinajstić information content (AvgIpc) is 2.72. The van der Waals surface area contributed by atoms with E-state index in [1.807, 2.05) is 43.3 Å². The molecule has 0 unspecified atom stereocenters. The molecule has 2 rings (SSSR count). The van der Waals surface area contributed by atoms with Gasteiger partial charge in [-0.15, -0.1) is 0 Å². The summed E-state index contributed by atoms with van der Waals surface area (Å²) < 4.78 is 5.40. The molecule has 1 atom stereocenters. The fraction of sp³-hybridized carbons (Fsp3) is 0.440. The number of carbonyl (C=O) groups is 2. The van der Waals surface area contributed by atoms with Gasteiger partial charge < -0.3 is 10.1 Å². The second kappa shape index (κ2) is 11.6. The van der Waals surface area contributed by atoms with Crippen molar-refractivity contribution < 1.29 is 14.3 Å². The first-order valence-corrected chi connectivity index (χ1v) is 11.5. The summed E-state index contributed by atoms with van der Waals surface area (Å²) in [7, 11) is 1.61. The zero-order chi connectivity index (χ0) is 23.9. The summed E-state index contributed by atoms with van der Waals surface area (Å²) in [6, 6.07) is 13.1. The lowest BCUT2D eigenvalue weighted by atomic mass is 10.0. The molecule has 0 saturated carbocycles. The van der Waals surface area contributed by atoms with Crippen molar-refractivity contribution >= 4 is 35.2 Å². The van der Waals surface area contributed by atoms with Crippen molar-refractivity contribution in [3.63, 3.8) is 0 Å². The maximum absolute atomic E-state index is 12.7. The number of rotatable bonds is 8. The number of nitrogens with one attached hydrogen (secondary N) is 1. The Bertz CT molecular complexity index is 924. The fourth-order valence-electron chi connectivity index (χ4n) is 3.22. The molecule has 2 amide bonds. The first kappa shape index (κ1) is 26.0. The molecule has 32 heavy (non-hydrogen) atoms. The Hall–Kier alpha value is -2.24. The predicted molar refractivity (Wildman–Crippen MR) is 131 cm³/mol. The van der Waals surface area contributed by atoms with Crippen LogP contribution in [-0.4, -0.2) is 42.1 Å². The third-order valence-electron chi connectivity index (χ3n) is 4.93. The summed E-state index contributed by atoms with van der Waals surface area (Å²) in [5.74, 6) is -0.173. The summed E-state index contributed by atoms with van der Waals surface area (Å²) in [6.45, 7) is 7.88. The number of hydrogen-bond donors (Lipinski definition) is 1. The summed E-state index contributed by atoms with van der Waals surface area (Å²) in [5, 5.41) is 4.01. The second-order valence-electron chi connectivity index (χ2n) is 8.76. The van der Waals surface area contributed by atoms with E-state index in [2.05, 4.69) is 5.32 Å². The van der Waals surface area contributed by atoms with Gasteiger partial charge in [0.15, 0.2) is 0 Å². The predicted octanol–water partition coefficient (Wildman–Crippen LogP) is 6.35. The van der Waals surface area contributed by atoms with Gasteiger partial charge in [0.1, 0.15) is 11.6 Å². The van der Waals surface area contributed by atoms with Gasteiger partial charge in [-0.05, 0) is 62.4 Å². The third kappa shape index (κ3) is 7.72. The molecule has 0 saturated heterocycles. The van der Waals surface area contributed by atoms with Gasteiger partial charge in [0, 0.05) is 13.6 Å². The quantitative estimate of drug-likeness (QED) is 0.480. The SMILES string of the molecule is CCC[C@@H](C(=O)NCCc1ccc(-c2ccc(Cl)c(Cl)c2)cc1)N(C)C(=O)OC(C)(C)C. The number of likely N-dealkylation sites (N-methyl/N-ethyl adjacent to an activating group) is 1. The number of carbonyl (C=O) groups excluding carboxylic acids is 2. The zero-order valence-corrected chi connectivity index (χ0v) is 20.9. The number of nitrogens with zero attached hydrogens (tertiary/aromatic N) is 1. The van der Waals surface area contributed by atoms with Gasteiger partial charge in [-0.3, -0.25) is 9.69 Å². The molecule has 174 valence electrons. The van der Waals surface area contributed by atoms with Crippen LogP contribution in [0.1, 0.15) is 46.1 Å². The topological polar surface area (TPSA) is 58.6 Å². The molecule has 0 aliphatic rings. The highest BCUT2D eigenvalue weighted by Gasteiger charge is 2.29. The molecule has 0 aliphatic heterocycles. The highest BCUT2D eigenvalue weighted by molar-refractivity contribution is 6.42. The summed E-state index contributed by atoms with van der Waals surface area (Å²) in [4.78, 5) is 26.5. The lowest BCUT2D eigenvalue weighted by Gasteiger charge is -2.30. The molecule has 0 spiro atoms. The molecule has 2 aromatic rings. The Balaban J connectivity index is 1.93. The standard InChI is InChI=1S/C25H32Cl2N2O3/c1-6-7-22(29(5)24(31)32-25(2,3)4)23(30)28-15-14-17-8-10-18(11-9-17)19-12-13-20(26)21(27)16-19/h8-13,16,22H,6-7,14-15H2,1-5H3,(H,28,30)/t22-/m0/s1. The van der Waals surface area contributed by atoms with Crippen molar-refractivity contribution in [1.82, 2.24) is 10.2 Å². The van der Waals surface area contributed by atoms with Gasteiger partial charge in [-0.2, -0.15) is 0 Å². The van der Waals surface area contributed by atoms with Gasteiger partial charge in [0.05, 0.1) is 10.0 Å². The lowest BCUT2D eigenvalue weighted by molar-refractivity contribution is -0.126. The number of benzene rings is 2. The molecule has 0 radical (unpaired) electrons. The Morgan fingerprint density at radius 1 is 1.03 bits per heavy atom. The third-order valence-corrected chi connectivity index (χ3v) is 5.67. The monoisotopic (exact) mass is 478 g/mol. The van der Waals surface area contributed by atoms with E-state index in [0.717, 1.165) is 23.1 Å². The van der Waals surface area contributed by atoms with E-state index >= 15 is 0 Å². The van der Waals surface area contributed by atoms with Crippen molar-refractivity contribution in [3.05, 3.63) is 58.1 Å². The molecule has 0 aliphatic carbocycles.